The van der Waals surface area contributed by atoms with Gasteiger partial charge in [-0.2, -0.15) is 0 Å². The zero-order chi connectivity index (χ0) is 9.57. The first kappa shape index (κ1) is 9.56. The number of carbonyl (C=O) groups is 1. The fourth-order valence-electron chi connectivity index (χ4n) is 1.71. The molecule has 0 radical (unpaired) electrons. The third-order valence-electron chi connectivity index (χ3n) is 3.39. The van der Waals surface area contributed by atoms with Crippen molar-refractivity contribution in [1.82, 2.24) is 5.32 Å². The summed E-state index contributed by atoms with van der Waals surface area (Å²) in [7, 11) is 0. The molecule has 0 aromatic carbocycles. The molecule has 1 aliphatic rings. The summed E-state index contributed by atoms with van der Waals surface area (Å²) in [5, 5.41) is 3.06. The van der Waals surface area contributed by atoms with Crippen molar-refractivity contribution < 1.29 is 4.79 Å². The lowest BCUT2D eigenvalue weighted by atomic mass is 9.66. The SMILES string of the molecule is CC1CC(C)(C)C(C)(C)NC1=O. The molecule has 1 N–H and O–H groups in total. The van der Waals surface area contributed by atoms with E-state index in [4.69, 9.17) is 0 Å². The number of hydrogen-bond donors (Lipinski definition) is 1. The zero-order valence-electron chi connectivity index (χ0n) is 8.69. The minimum absolute atomic E-state index is 0.0728. The van der Waals surface area contributed by atoms with Gasteiger partial charge in [0, 0.05) is 11.5 Å². The van der Waals surface area contributed by atoms with Crippen LogP contribution in [0.25, 0.3) is 0 Å². The second-order valence-electron chi connectivity index (χ2n) is 5.10. The van der Waals surface area contributed by atoms with Crippen molar-refractivity contribution in [3.63, 3.8) is 0 Å². The number of carbonyl (C=O) groups excluding carboxylic acids is 1. The molecule has 0 saturated carbocycles. The lowest BCUT2D eigenvalue weighted by Gasteiger charge is -2.48. The van der Waals surface area contributed by atoms with E-state index in [9.17, 15) is 4.79 Å². The molecular weight excluding hydrogens is 150 g/mol. The maximum atomic E-state index is 11.4. The van der Waals surface area contributed by atoms with Crippen molar-refractivity contribution in [3.8, 4) is 0 Å². The molecule has 2 heteroatoms. The van der Waals surface area contributed by atoms with Gasteiger partial charge in [0.25, 0.3) is 0 Å². The quantitative estimate of drug-likeness (QED) is 0.590. The molecule has 12 heavy (non-hydrogen) atoms. The molecule has 1 unspecified atom stereocenters. The number of nitrogens with one attached hydrogen (secondary N) is 1. The van der Waals surface area contributed by atoms with E-state index < -0.39 is 0 Å². The van der Waals surface area contributed by atoms with Crippen LogP contribution < -0.4 is 5.32 Å². The van der Waals surface area contributed by atoms with E-state index in [1.807, 2.05) is 6.92 Å². The minimum Gasteiger partial charge on any atom is -0.350 e. The highest BCUT2D eigenvalue weighted by Gasteiger charge is 2.44. The fourth-order valence-corrected chi connectivity index (χ4v) is 1.71. The number of piperidine rings is 1. The van der Waals surface area contributed by atoms with Crippen LogP contribution in [0.4, 0.5) is 0 Å². The Kier molecular flexibility index (Phi) is 1.97. The Balaban J connectivity index is 2.88. The van der Waals surface area contributed by atoms with Crippen molar-refractivity contribution in [2.24, 2.45) is 11.3 Å². The first-order valence-electron chi connectivity index (χ1n) is 4.58. The van der Waals surface area contributed by atoms with E-state index in [1.54, 1.807) is 0 Å². The summed E-state index contributed by atoms with van der Waals surface area (Å²) in [5.41, 5.74) is 0.122. The first-order chi connectivity index (χ1) is 5.26. The minimum atomic E-state index is -0.0728. The maximum absolute atomic E-state index is 11.4. The highest BCUT2D eigenvalue weighted by Crippen LogP contribution is 2.40. The monoisotopic (exact) mass is 169 g/mol. The molecule has 0 spiro atoms. The Labute approximate surface area is 74.7 Å². The highest BCUT2D eigenvalue weighted by molar-refractivity contribution is 5.80. The van der Waals surface area contributed by atoms with Gasteiger partial charge in [-0.05, 0) is 25.7 Å². The van der Waals surface area contributed by atoms with Crippen LogP contribution in [-0.2, 0) is 4.79 Å². The summed E-state index contributed by atoms with van der Waals surface area (Å²) in [6.45, 7) is 10.6. The van der Waals surface area contributed by atoms with E-state index in [2.05, 4.69) is 33.0 Å². The van der Waals surface area contributed by atoms with Crippen LogP contribution in [0.2, 0.25) is 0 Å². The standard InChI is InChI=1S/C10H19NO/c1-7-6-9(2,3)10(4,5)11-8(7)12/h7H,6H2,1-5H3,(H,11,12). The number of amides is 1. The number of hydrogen-bond acceptors (Lipinski definition) is 1. The van der Waals surface area contributed by atoms with Crippen molar-refractivity contribution >= 4 is 5.91 Å². The van der Waals surface area contributed by atoms with Gasteiger partial charge >= 0.3 is 0 Å². The van der Waals surface area contributed by atoms with E-state index in [0.29, 0.717) is 0 Å². The molecular formula is C10H19NO. The van der Waals surface area contributed by atoms with Crippen LogP contribution >= 0.6 is 0 Å². The molecule has 0 aromatic heterocycles. The molecule has 0 aromatic rings. The van der Waals surface area contributed by atoms with Gasteiger partial charge in [0.2, 0.25) is 5.91 Å². The summed E-state index contributed by atoms with van der Waals surface area (Å²) in [5.74, 6) is 0.354. The van der Waals surface area contributed by atoms with Crippen LogP contribution in [0.3, 0.4) is 0 Å². The average molecular weight is 169 g/mol. The van der Waals surface area contributed by atoms with Crippen LogP contribution in [0, 0.1) is 11.3 Å². The Hall–Kier alpha value is -0.530. The predicted octanol–water partition coefficient (Wildman–Crippen LogP) is 1.95. The normalized spacial score (nSPS) is 32.8. The van der Waals surface area contributed by atoms with Gasteiger partial charge < -0.3 is 5.32 Å². The van der Waals surface area contributed by atoms with Crippen LogP contribution in [0.1, 0.15) is 41.0 Å². The summed E-state index contributed by atoms with van der Waals surface area (Å²) in [6.07, 6.45) is 0.978. The van der Waals surface area contributed by atoms with Gasteiger partial charge in [-0.1, -0.05) is 20.8 Å². The molecule has 1 rings (SSSR count). The van der Waals surface area contributed by atoms with Gasteiger partial charge in [-0.25, -0.2) is 0 Å². The molecule has 0 aliphatic carbocycles. The Bertz CT molecular complexity index is 206. The molecule has 1 fully saturated rings. The van der Waals surface area contributed by atoms with E-state index in [1.165, 1.54) is 0 Å². The third kappa shape index (κ3) is 1.35. The third-order valence-corrected chi connectivity index (χ3v) is 3.39. The molecule has 1 heterocycles. The molecule has 1 saturated heterocycles. The predicted molar refractivity (Wildman–Crippen MR) is 49.8 cm³/mol. The van der Waals surface area contributed by atoms with Crippen molar-refractivity contribution in [3.05, 3.63) is 0 Å². The van der Waals surface area contributed by atoms with E-state index in [0.717, 1.165) is 6.42 Å². The second kappa shape index (κ2) is 2.48. The summed E-state index contributed by atoms with van der Waals surface area (Å²) >= 11 is 0. The van der Waals surface area contributed by atoms with Crippen molar-refractivity contribution in [1.29, 1.82) is 0 Å². The summed E-state index contributed by atoms with van der Waals surface area (Å²) in [4.78, 5) is 11.4. The maximum Gasteiger partial charge on any atom is 0.223 e. The van der Waals surface area contributed by atoms with Gasteiger partial charge in [-0.3, -0.25) is 4.79 Å². The smallest absolute Gasteiger partial charge is 0.223 e. The Morgan fingerprint density at radius 2 is 1.83 bits per heavy atom. The lowest BCUT2D eigenvalue weighted by molar-refractivity contribution is -0.133. The summed E-state index contributed by atoms with van der Waals surface area (Å²) < 4.78 is 0. The zero-order valence-corrected chi connectivity index (χ0v) is 8.69. The van der Waals surface area contributed by atoms with Gasteiger partial charge in [-0.15, -0.1) is 0 Å². The van der Waals surface area contributed by atoms with Crippen LogP contribution in [0.15, 0.2) is 0 Å². The van der Waals surface area contributed by atoms with E-state index >= 15 is 0 Å². The summed E-state index contributed by atoms with van der Waals surface area (Å²) in [6, 6.07) is 0. The molecule has 1 amide bonds. The second-order valence-corrected chi connectivity index (χ2v) is 5.10. The lowest BCUT2D eigenvalue weighted by Crippen LogP contribution is -2.60. The Morgan fingerprint density at radius 3 is 2.25 bits per heavy atom. The molecule has 1 atom stereocenters. The van der Waals surface area contributed by atoms with Crippen LogP contribution in [-0.4, -0.2) is 11.4 Å². The molecule has 70 valence electrons. The average Bonchev–Trinajstić information content (AvgIpc) is 1.82. The number of rotatable bonds is 0. The highest BCUT2D eigenvalue weighted by atomic mass is 16.2. The largest absolute Gasteiger partial charge is 0.350 e. The molecule has 1 aliphatic heterocycles. The van der Waals surface area contributed by atoms with Gasteiger partial charge in [0.1, 0.15) is 0 Å². The van der Waals surface area contributed by atoms with Crippen molar-refractivity contribution in [2.45, 2.75) is 46.6 Å². The molecule has 2 nitrogen and oxygen atoms in total. The van der Waals surface area contributed by atoms with E-state index in [-0.39, 0.29) is 22.8 Å². The molecule has 0 bridgehead atoms. The fraction of sp³-hybridized carbons (Fsp3) is 0.900. The topological polar surface area (TPSA) is 29.1 Å². The first-order valence-corrected chi connectivity index (χ1v) is 4.58. The Morgan fingerprint density at radius 1 is 1.33 bits per heavy atom. The van der Waals surface area contributed by atoms with Gasteiger partial charge in [0.05, 0.1) is 0 Å². The van der Waals surface area contributed by atoms with Crippen molar-refractivity contribution in [2.75, 3.05) is 0 Å². The van der Waals surface area contributed by atoms with Gasteiger partial charge in [0.15, 0.2) is 0 Å². The van der Waals surface area contributed by atoms with Crippen LogP contribution in [0.5, 0.6) is 0 Å².